The van der Waals surface area contributed by atoms with E-state index in [-0.39, 0.29) is 0 Å². The molecule has 7 heteroatoms. The number of anilines is 1. The molecule has 3 aromatic heterocycles. The van der Waals surface area contributed by atoms with Crippen LogP contribution in [-0.2, 0) is 11.3 Å². The van der Waals surface area contributed by atoms with Gasteiger partial charge in [-0.3, -0.25) is 4.98 Å². The van der Waals surface area contributed by atoms with Gasteiger partial charge in [0, 0.05) is 37.6 Å². The van der Waals surface area contributed by atoms with Crippen LogP contribution in [0.3, 0.4) is 0 Å². The molecule has 0 radical (unpaired) electrons. The third-order valence-electron chi connectivity index (χ3n) is 4.08. The van der Waals surface area contributed by atoms with Crippen molar-refractivity contribution in [3.63, 3.8) is 0 Å². The van der Waals surface area contributed by atoms with Crippen molar-refractivity contribution in [1.29, 1.82) is 0 Å². The first-order valence-corrected chi connectivity index (χ1v) is 7.83. The van der Waals surface area contributed by atoms with Crippen molar-refractivity contribution in [2.75, 3.05) is 31.2 Å². The molecule has 118 valence electrons. The molecular weight excluding hydrogens is 292 g/mol. The molecule has 1 aliphatic rings. The molecule has 7 nitrogen and oxygen atoms in total. The summed E-state index contributed by atoms with van der Waals surface area (Å²) < 4.78 is 7.56. The smallest absolute Gasteiger partial charge is 0.165 e. The van der Waals surface area contributed by atoms with Gasteiger partial charge in [0.1, 0.15) is 12.2 Å². The van der Waals surface area contributed by atoms with Gasteiger partial charge in [0.15, 0.2) is 17.0 Å². The summed E-state index contributed by atoms with van der Waals surface area (Å²) >= 11 is 0. The molecule has 1 saturated heterocycles. The quantitative estimate of drug-likeness (QED) is 0.734. The summed E-state index contributed by atoms with van der Waals surface area (Å²) in [6.07, 6.45) is 5.18. The van der Waals surface area contributed by atoms with Crippen molar-refractivity contribution in [2.24, 2.45) is 0 Å². The van der Waals surface area contributed by atoms with Gasteiger partial charge in [0.05, 0.1) is 13.2 Å². The number of fused-ring (bicyclic) bond motifs is 1. The van der Waals surface area contributed by atoms with E-state index < -0.39 is 0 Å². The summed E-state index contributed by atoms with van der Waals surface area (Å²) in [4.78, 5) is 20.1. The van der Waals surface area contributed by atoms with E-state index in [1.807, 2.05) is 12.1 Å². The molecule has 1 fully saturated rings. The van der Waals surface area contributed by atoms with Gasteiger partial charge in [0.2, 0.25) is 0 Å². The van der Waals surface area contributed by atoms with Crippen molar-refractivity contribution in [2.45, 2.75) is 13.5 Å². The summed E-state index contributed by atoms with van der Waals surface area (Å²) in [6, 6.07) is 3.93. The second-order valence-corrected chi connectivity index (χ2v) is 5.38. The number of morpholine rings is 1. The Hall–Kier alpha value is -2.54. The maximum Gasteiger partial charge on any atom is 0.165 e. The molecule has 0 N–H and O–H groups in total. The van der Waals surface area contributed by atoms with Gasteiger partial charge in [-0.2, -0.15) is 0 Å². The van der Waals surface area contributed by atoms with Gasteiger partial charge in [-0.1, -0.05) is 0 Å². The van der Waals surface area contributed by atoms with Crippen LogP contribution in [0.15, 0.2) is 30.9 Å². The lowest BCUT2D eigenvalue weighted by molar-refractivity contribution is 0.122. The van der Waals surface area contributed by atoms with Gasteiger partial charge < -0.3 is 14.2 Å². The molecule has 3 aromatic rings. The molecule has 0 unspecified atom stereocenters. The monoisotopic (exact) mass is 310 g/mol. The lowest BCUT2D eigenvalue weighted by atomic mass is 10.2. The van der Waals surface area contributed by atoms with E-state index in [1.54, 1.807) is 18.7 Å². The van der Waals surface area contributed by atoms with E-state index in [0.29, 0.717) is 0 Å². The zero-order valence-electron chi connectivity index (χ0n) is 13.0. The highest BCUT2D eigenvalue weighted by molar-refractivity contribution is 5.86. The average molecular weight is 310 g/mol. The van der Waals surface area contributed by atoms with Crippen molar-refractivity contribution in [1.82, 2.24) is 24.5 Å². The lowest BCUT2D eigenvalue weighted by Gasteiger charge is -2.27. The van der Waals surface area contributed by atoms with Crippen LogP contribution in [-0.4, -0.2) is 50.8 Å². The molecule has 0 saturated carbocycles. The highest BCUT2D eigenvalue weighted by Crippen LogP contribution is 2.28. The molecule has 0 spiro atoms. The summed E-state index contributed by atoms with van der Waals surface area (Å²) in [6.45, 7) is 6.00. The second-order valence-electron chi connectivity index (χ2n) is 5.38. The number of imidazole rings is 1. The van der Waals surface area contributed by atoms with Crippen molar-refractivity contribution in [3.05, 3.63) is 30.9 Å². The Morgan fingerprint density at radius 2 is 1.91 bits per heavy atom. The third kappa shape index (κ3) is 2.43. The third-order valence-corrected chi connectivity index (χ3v) is 4.08. The maximum atomic E-state index is 5.44. The van der Waals surface area contributed by atoms with Gasteiger partial charge in [-0.05, 0) is 19.1 Å². The summed E-state index contributed by atoms with van der Waals surface area (Å²) in [7, 11) is 0. The fraction of sp³-hybridized carbons (Fsp3) is 0.375. The first kappa shape index (κ1) is 14.1. The van der Waals surface area contributed by atoms with Crippen LogP contribution >= 0.6 is 0 Å². The number of aromatic nitrogens is 5. The maximum absolute atomic E-state index is 5.44. The minimum Gasteiger partial charge on any atom is -0.378 e. The fourth-order valence-corrected chi connectivity index (χ4v) is 2.95. The molecule has 0 aromatic carbocycles. The Kier molecular flexibility index (Phi) is 3.63. The average Bonchev–Trinajstić information content (AvgIpc) is 3.02. The van der Waals surface area contributed by atoms with Crippen LogP contribution in [0.2, 0.25) is 0 Å². The van der Waals surface area contributed by atoms with Gasteiger partial charge in [0.25, 0.3) is 0 Å². The molecule has 23 heavy (non-hydrogen) atoms. The van der Waals surface area contributed by atoms with Gasteiger partial charge in [-0.15, -0.1) is 0 Å². The van der Waals surface area contributed by atoms with Gasteiger partial charge in [-0.25, -0.2) is 15.0 Å². The summed E-state index contributed by atoms with van der Waals surface area (Å²) in [5, 5.41) is 0. The number of hydrogen-bond donors (Lipinski definition) is 0. The molecule has 0 atom stereocenters. The molecule has 0 bridgehead atoms. The summed E-state index contributed by atoms with van der Waals surface area (Å²) in [5.74, 6) is 1.79. The number of aryl methyl sites for hydroxylation is 1. The minimum absolute atomic E-state index is 0.719. The predicted molar refractivity (Wildman–Crippen MR) is 87.3 cm³/mol. The normalized spacial score (nSPS) is 15.3. The van der Waals surface area contributed by atoms with E-state index in [2.05, 4.69) is 31.3 Å². The zero-order chi connectivity index (χ0) is 15.6. The largest absolute Gasteiger partial charge is 0.378 e. The first-order chi connectivity index (χ1) is 11.4. The van der Waals surface area contributed by atoms with Crippen LogP contribution < -0.4 is 4.90 Å². The van der Waals surface area contributed by atoms with Crippen molar-refractivity contribution < 1.29 is 4.74 Å². The highest BCUT2D eigenvalue weighted by Gasteiger charge is 2.21. The van der Waals surface area contributed by atoms with Crippen molar-refractivity contribution >= 4 is 17.0 Å². The predicted octanol–water partition coefficient (Wildman–Crippen LogP) is 1.74. The molecule has 4 rings (SSSR count). The van der Waals surface area contributed by atoms with E-state index in [1.165, 1.54) is 0 Å². The second kappa shape index (κ2) is 5.92. The summed E-state index contributed by atoms with van der Waals surface area (Å²) in [5.41, 5.74) is 2.76. The molecule has 1 aliphatic heterocycles. The van der Waals surface area contributed by atoms with Crippen LogP contribution in [0, 0.1) is 0 Å². The van der Waals surface area contributed by atoms with E-state index in [9.17, 15) is 0 Å². The Balaban J connectivity index is 1.89. The Morgan fingerprint density at radius 1 is 1.13 bits per heavy atom. The van der Waals surface area contributed by atoms with E-state index in [0.717, 1.165) is 61.2 Å². The van der Waals surface area contributed by atoms with Crippen LogP contribution in [0.5, 0.6) is 0 Å². The number of hydrogen-bond acceptors (Lipinski definition) is 6. The highest BCUT2D eigenvalue weighted by atomic mass is 16.5. The number of ether oxygens (including phenoxy) is 1. The molecule has 0 amide bonds. The molecule has 0 aliphatic carbocycles. The number of nitrogens with zero attached hydrogens (tertiary/aromatic N) is 6. The fourth-order valence-electron chi connectivity index (χ4n) is 2.95. The topological polar surface area (TPSA) is 69.0 Å². The lowest BCUT2D eigenvalue weighted by Crippen LogP contribution is -2.36. The minimum atomic E-state index is 0.719. The Labute approximate surface area is 134 Å². The zero-order valence-corrected chi connectivity index (χ0v) is 13.0. The van der Waals surface area contributed by atoms with E-state index >= 15 is 0 Å². The number of rotatable bonds is 3. The first-order valence-electron chi connectivity index (χ1n) is 7.83. The Bertz CT molecular complexity index is 810. The number of pyridine rings is 1. The Morgan fingerprint density at radius 3 is 2.65 bits per heavy atom. The van der Waals surface area contributed by atoms with Crippen LogP contribution in [0.4, 0.5) is 5.82 Å². The van der Waals surface area contributed by atoms with Crippen LogP contribution in [0.1, 0.15) is 6.92 Å². The van der Waals surface area contributed by atoms with Crippen LogP contribution in [0.25, 0.3) is 22.6 Å². The SMILES string of the molecule is CCn1c(-c2ccncc2)nc2c(N3CCOCC3)ncnc21. The van der Waals surface area contributed by atoms with E-state index in [4.69, 9.17) is 9.72 Å². The van der Waals surface area contributed by atoms with Gasteiger partial charge >= 0.3 is 0 Å². The van der Waals surface area contributed by atoms with Crippen molar-refractivity contribution in [3.8, 4) is 11.4 Å². The molecular formula is C16H18N6O. The molecule has 4 heterocycles. The standard InChI is InChI=1S/C16H18N6O/c1-2-22-14(12-3-5-17-6-4-12)20-13-15(18-11-19-16(13)22)21-7-9-23-10-8-21/h3-6,11H,2,7-10H2,1H3.